The fraction of sp³-hybridized carbons (Fsp3) is 0.172. The highest BCUT2D eigenvalue weighted by Crippen LogP contribution is 2.35. The summed E-state index contributed by atoms with van der Waals surface area (Å²) in [7, 11) is 0. The van der Waals surface area contributed by atoms with Gasteiger partial charge < -0.3 is 14.8 Å². The Morgan fingerprint density at radius 3 is 2.38 bits per heavy atom. The molecule has 0 atom stereocenters. The van der Waals surface area contributed by atoms with Crippen molar-refractivity contribution in [3.63, 3.8) is 0 Å². The van der Waals surface area contributed by atoms with E-state index in [-0.39, 0.29) is 29.7 Å². The number of ether oxygens (including phenoxy) is 2. The van der Waals surface area contributed by atoms with Crippen LogP contribution in [0.15, 0.2) is 76.1 Å². The van der Waals surface area contributed by atoms with E-state index in [1.165, 1.54) is 0 Å². The van der Waals surface area contributed by atoms with Crippen molar-refractivity contribution in [2.24, 2.45) is 0 Å². The van der Waals surface area contributed by atoms with Crippen molar-refractivity contribution in [3.05, 3.63) is 92.8 Å². The Hall–Kier alpha value is -3.89. The van der Waals surface area contributed by atoms with Crippen molar-refractivity contribution >= 4 is 62.3 Å². The second-order valence-corrected chi connectivity index (χ2v) is 10.4. The molecule has 0 spiro atoms. The number of carbonyl (C=O) groups is 4. The first-order valence-electron chi connectivity index (χ1n) is 12.0. The molecule has 8 nitrogen and oxygen atoms in total. The third-order valence-electron chi connectivity index (χ3n) is 5.60. The van der Waals surface area contributed by atoms with Crippen molar-refractivity contribution < 1.29 is 28.7 Å². The number of thioether (sulfide) groups is 1. The molecule has 0 aliphatic carbocycles. The Labute approximate surface area is 238 Å². The molecule has 0 bridgehead atoms. The molecule has 3 aromatic carbocycles. The zero-order valence-electron chi connectivity index (χ0n) is 21.2. The lowest BCUT2D eigenvalue weighted by atomic mass is 10.1. The van der Waals surface area contributed by atoms with Gasteiger partial charge in [0, 0.05) is 15.7 Å². The van der Waals surface area contributed by atoms with Crippen molar-refractivity contribution in [1.82, 2.24) is 4.90 Å². The van der Waals surface area contributed by atoms with Crippen LogP contribution in [-0.4, -0.2) is 47.5 Å². The highest BCUT2D eigenvalue weighted by molar-refractivity contribution is 9.10. The lowest BCUT2D eigenvalue weighted by molar-refractivity contribution is -0.122. The summed E-state index contributed by atoms with van der Waals surface area (Å²) in [6, 6.07) is 19.1. The fourth-order valence-electron chi connectivity index (χ4n) is 3.64. The number of Topliss-reactive ketones (excluding diaryl/α,β-unsaturated/α-hetero) is 1. The Balaban J connectivity index is 1.42. The Kier molecular flexibility index (Phi) is 9.21. The van der Waals surface area contributed by atoms with E-state index in [9.17, 15) is 19.2 Å². The molecule has 1 aliphatic heterocycles. The number of benzene rings is 3. The van der Waals surface area contributed by atoms with E-state index in [1.54, 1.807) is 48.5 Å². The highest BCUT2D eigenvalue weighted by atomic mass is 79.9. The van der Waals surface area contributed by atoms with Crippen molar-refractivity contribution in [1.29, 1.82) is 0 Å². The predicted octanol–water partition coefficient (Wildman–Crippen LogP) is 6.09. The number of nitrogens with zero attached hydrogens (tertiary/aromatic N) is 1. The first kappa shape index (κ1) is 28.1. The molecule has 200 valence electrons. The summed E-state index contributed by atoms with van der Waals surface area (Å²) in [5, 5.41) is 2.26. The van der Waals surface area contributed by atoms with E-state index in [0.717, 1.165) is 26.7 Å². The molecule has 0 saturated carbocycles. The molecule has 1 heterocycles. The molecular weight excluding hydrogens is 584 g/mol. The van der Waals surface area contributed by atoms with Crippen LogP contribution < -0.4 is 14.8 Å². The summed E-state index contributed by atoms with van der Waals surface area (Å²) in [5.41, 5.74) is 2.76. The van der Waals surface area contributed by atoms with Crippen LogP contribution in [0.1, 0.15) is 28.4 Å². The Morgan fingerprint density at radius 2 is 1.69 bits per heavy atom. The van der Waals surface area contributed by atoms with Gasteiger partial charge in [-0.1, -0.05) is 51.8 Å². The van der Waals surface area contributed by atoms with Crippen molar-refractivity contribution in [2.75, 3.05) is 25.1 Å². The van der Waals surface area contributed by atoms with Crippen LogP contribution in [-0.2, 0) is 9.59 Å². The van der Waals surface area contributed by atoms with Gasteiger partial charge in [-0.25, -0.2) is 0 Å². The van der Waals surface area contributed by atoms with Crippen LogP contribution in [0.5, 0.6) is 11.5 Å². The van der Waals surface area contributed by atoms with Gasteiger partial charge in [0.15, 0.2) is 23.9 Å². The predicted molar refractivity (Wildman–Crippen MR) is 154 cm³/mol. The molecule has 0 aromatic heterocycles. The SMILES string of the molecule is CCOc1cc(/C=C2\SC(=O)N(CC(=O)c3ccc(Br)cc3)C2=O)ccc1OCC(=O)Nc1ccc(C)cc1. The number of imide groups is 1. The maximum absolute atomic E-state index is 12.9. The van der Waals surface area contributed by atoms with Gasteiger partial charge in [-0.05, 0) is 73.6 Å². The van der Waals surface area contributed by atoms with Gasteiger partial charge in [-0.2, -0.15) is 0 Å². The van der Waals surface area contributed by atoms with Crippen LogP contribution in [0.2, 0.25) is 0 Å². The smallest absolute Gasteiger partial charge is 0.293 e. The molecule has 0 unspecified atom stereocenters. The number of halogens is 1. The van der Waals surface area contributed by atoms with Gasteiger partial charge in [0.25, 0.3) is 17.1 Å². The number of ketones is 1. The molecule has 1 saturated heterocycles. The second-order valence-electron chi connectivity index (χ2n) is 8.54. The lowest BCUT2D eigenvalue weighted by Crippen LogP contribution is -2.33. The molecule has 0 radical (unpaired) electrons. The molecule has 3 aromatic rings. The number of rotatable bonds is 10. The monoisotopic (exact) mass is 608 g/mol. The van der Waals surface area contributed by atoms with Gasteiger partial charge in [-0.15, -0.1) is 0 Å². The topological polar surface area (TPSA) is 102 Å². The number of hydrogen-bond acceptors (Lipinski definition) is 7. The summed E-state index contributed by atoms with van der Waals surface area (Å²) in [6.07, 6.45) is 1.56. The van der Waals surface area contributed by atoms with Crippen molar-refractivity contribution in [3.8, 4) is 11.5 Å². The average molecular weight is 609 g/mol. The van der Waals surface area contributed by atoms with E-state index in [1.807, 2.05) is 38.1 Å². The van der Waals surface area contributed by atoms with Gasteiger partial charge in [0.2, 0.25) is 0 Å². The third kappa shape index (κ3) is 7.36. The number of aryl methyl sites for hydroxylation is 1. The zero-order valence-corrected chi connectivity index (χ0v) is 23.6. The molecule has 1 fully saturated rings. The molecule has 1 N–H and O–H groups in total. The molecule has 4 rings (SSSR count). The third-order valence-corrected chi connectivity index (χ3v) is 7.04. The van der Waals surface area contributed by atoms with Crippen molar-refractivity contribution in [2.45, 2.75) is 13.8 Å². The summed E-state index contributed by atoms with van der Waals surface area (Å²) in [4.78, 5) is 51.5. The number of anilines is 1. The van der Waals surface area contributed by atoms with Gasteiger partial charge >= 0.3 is 0 Å². The van der Waals surface area contributed by atoms with Gasteiger partial charge in [0.1, 0.15) is 0 Å². The lowest BCUT2D eigenvalue weighted by Gasteiger charge is -2.13. The number of hydrogen-bond donors (Lipinski definition) is 1. The van der Waals surface area contributed by atoms with Crippen LogP contribution in [0.4, 0.5) is 10.5 Å². The number of nitrogens with one attached hydrogen (secondary N) is 1. The number of amides is 3. The van der Waals surface area contributed by atoms with E-state index in [2.05, 4.69) is 21.2 Å². The van der Waals surface area contributed by atoms with Crippen LogP contribution in [0, 0.1) is 6.92 Å². The molecule has 3 amide bonds. The second kappa shape index (κ2) is 12.8. The summed E-state index contributed by atoms with van der Waals surface area (Å²) in [5.74, 6) is -0.448. The van der Waals surface area contributed by atoms with E-state index in [0.29, 0.717) is 34.9 Å². The zero-order chi connectivity index (χ0) is 27.9. The Bertz CT molecular complexity index is 1440. The van der Waals surface area contributed by atoms with Crippen LogP contribution in [0.3, 0.4) is 0 Å². The maximum atomic E-state index is 12.9. The first-order chi connectivity index (χ1) is 18.7. The molecular formula is C29H25BrN2O6S. The molecule has 1 aliphatic rings. The normalized spacial score (nSPS) is 14.0. The average Bonchev–Trinajstić information content (AvgIpc) is 3.17. The van der Waals surface area contributed by atoms with E-state index in [4.69, 9.17) is 9.47 Å². The minimum Gasteiger partial charge on any atom is -0.490 e. The minimum atomic E-state index is -0.540. The first-order valence-corrected chi connectivity index (χ1v) is 13.6. The molecule has 39 heavy (non-hydrogen) atoms. The number of carbonyl (C=O) groups excluding carboxylic acids is 4. The summed E-state index contributed by atoms with van der Waals surface area (Å²) in [6.45, 7) is 3.56. The van der Waals surface area contributed by atoms with Gasteiger partial charge in [0.05, 0.1) is 18.1 Å². The maximum Gasteiger partial charge on any atom is 0.293 e. The standard InChI is InChI=1S/C29H25BrN2O6S/c1-3-37-25-14-19(6-13-24(25)38-17-27(34)31-22-11-4-18(2)5-12-22)15-26-28(35)32(29(36)39-26)16-23(33)20-7-9-21(30)10-8-20/h4-15H,3,16-17H2,1-2H3,(H,31,34)/b26-15-. The highest BCUT2D eigenvalue weighted by Gasteiger charge is 2.36. The van der Waals surface area contributed by atoms with Gasteiger partial charge in [-0.3, -0.25) is 24.1 Å². The van der Waals surface area contributed by atoms with E-state index < -0.39 is 11.1 Å². The largest absolute Gasteiger partial charge is 0.490 e. The molecule has 10 heteroatoms. The quantitative estimate of drug-likeness (QED) is 0.219. The minimum absolute atomic E-state index is 0.192. The summed E-state index contributed by atoms with van der Waals surface area (Å²) >= 11 is 4.08. The van der Waals surface area contributed by atoms with E-state index >= 15 is 0 Å². The van der Waals surface area contributed by atoms with Crippen LogP contribution >= 0.6 is 27.7 Å². The summed E-state index contributed by atoms with van der Waals surface area (Å²) < 4.78 is 12.2. The fourth-order valence-corrected chi connectivity index (χ4v) is 4.74. The van der Waals surface area contributed by atoms with Crippen LogP contribution in [0.25, 0.3) is 6.08 Å². The Morgan fingerprint density at radius 1 is 0.974 bits per heavy atom.